The molecule has 0 spiro atoms. The number of pyridine rings is 1. The summed E-state index contributed by atoms with van der Waals surface area (Å²) in [5.74, 6) is 0.298. The first-order valence-electron chi connectivity index (χ1n) is 8.19. The standard InChI is InChI=1S/C18H22N6/c1-22(2)15-11-23(12-15)10-13-6-8-14(9-7-13)16-4-3-5-17-20-18(19)21-24(16)17/h3-9,15H,10-12H2,1-2H3,(H2,19,21). The maximum atomic E-state index is 5.72. The zero-order valence-electron chi connectivity index (χ0n) is 14.1. The molecular formula is C18H22N6. The molecule has 124 valence electrons. The van der Waals surface area contributed by atoms with Gasteiger partial charge in [-0.2, -0.15) is 4.98 Å². The predicted molar refractivity (Wildman–Crippen MR) is 95.6 cm³/mol. The molecule has 1 aliphatic heterocycles. The fraction of sp³-hybridized carbons (Fsp3) is 0.333. The van der Waals surface area contributed by atoms with Crippen LogP contribution in [0, 0.1) is 0 Å². The Balaban J connectivity index is 1.51. The Morgan fingerprint density at radius 3 is 2.58 bits per heavy atom. The van der Waals surface area contributed by atoms with Crippen LogP contribution in [0.2, 0.25) is 0 Å². The van der Waals surface area contributed by atoms with Crippen LogP contribution >= 0.6 is 0 Å². The Kier molecular flexibility index (Phi) is 3.70. The lowest BCUT2D eigenvalue weighted by molar-refractivity contribution is 0.0574. The Labute approximate surface area is 141 Å². The van der Waals surface area contributed by atoms with Gasteiger partial charge in [0.15, 0.2) is 5.65 Å². The van der Waals surface area contributed by atoms with Crippen molar-refractivity contribution in [3.8, 4) is 11.3 Å². The van der Waals surface area contributed by atoms with Crippen molar-refractivity contribution in [2.75, 3.05) is 32.9 Å². The van der Waals surface area contributed by atoms with Gasteiger partial charge in [-0.25, -0.2) is 4.52 Å². The highest BCUT2D eigenvalue weighted by molar-refractivity contribution is 5.63. The normalized spacial score (nSPS) is 16.0. The second-order valence-corrected chi connectivity index (χ2v) is 6.66. The van der Waals surface area contributed by atoms with Crippen LogP contribution in [0.5, 0.6) is 0 Å². The summed E-state index contributed by atoms with van der Waals surface area (Å²) in [5, 5.41) is 4.28. The molecule has 0 bridgehead atoms. The maximum Gasteiger partial charge on any atom is 0.240 e. The zero-order chi connectivity index (χ0) is 16.7. The topological polar surface area (TPSA) is 62.7 Å². The quantitative estimate of drug-likeness (QED) is 0.792. The molecular weight excluding hydrogens is 300 g/mol. The van der Waals surface area contributed by atoms with E-state index in [1.807, 2.05) is 18.2 Å². The highest BCUT2D eigenvalue weighted by Gasteiger charge is 2.27. The molecule has 1 aromatic carbocycles. The van der Waals surface area contributed by atoms with Crippen molar-refractivity contribution >= 4 is 11.6 Å². The van der Waals surface area contributed by atoms with Gasteiger partial charge >= 0.3 is 0 Å². The number of hydrogen-bond donors (Lipinski definition) is 1. The lowest BCUT2D eigenvalue weighted by Gasteiger charge is -2.42. The van der Waals surface area contributed by atoms with Gasteiger partial charge in [0.05, 0.1) is 5.69 Å². The molecule has 1 aliphatic rings. The van der Waals surface area contributed by atoms with Crippen LogP contribution in [0.25, 0.3) is 16.9 Å². The summed E-state index contributed by atoms with van der Waals surface area (Å²) >= 11 is 0. The van der Waals surface area contributed by atoms with Gasteiger partial charge in [0.1, 0.15) is 0 Å². The van der Waals surface area contributed by atoms with E-state index in [4.69, 9.17) is 5.73 Å². The second kappa shape index (κ2) is 5.89. The Hall–Kier alpha value is -2.44. The number of fused-ring (bicyclic) bond motifs is 1. The SMILES string of the molecule is CN(C)C1CN(Cc2ccc(-c3cccc4nc(N)nn34)cc2)C1. The largest absolute Gasteiger partial charge is 0.366 e. The minimum Gasteiger partial charge on any atom is -0.366 e. The van der Waals surface area contributed by atoms with Crippen LogP contribution in [0.4, 0.5) is 5.95 Å². The first-order chi connectivity index (χ1) is 11.6. The summed E-state index contributed by atoms with van der Waals surface area (Å²) in [4.78, 5) is 8.98. The average molecular weight is 322 g/mol. The third-order valence-corrected chi connectivity index (χ3v) is 4.70. The number of hydrogen-bond acceptors (Lipinski definition) is 5. The molecule has 2 N–H and O–H groups in total. The van der Waals surface area contributed by atoms with E-state index in [1.54, 1.807) is 4.52 Å². The van der Waals surface area contributed by atoms with Crippen molar-refractivity contribution in [1.82, 2.24) is 24.4 Å². The van der Waals surface area contributed by atoms with Crippen molar-refractivity contribution in [2.45, 2.75) is 12.6 Å². The van der Waals surface area contributed by atoms with Crippen molar-refractivity contribution in [3.63, 3.8) is 0 Å². The number of likely N-dealkylation sites (N-methyl/N-ethyl adjacent to an activating group) is 1. The van der Waals surface area contributed by atoms with Gasteiger partial charge < -0.3 is 10.6 Å². The summed E-state index contributed by atoms with van der Waals surface area (Å²) in [7, 11) is 4.29. The summed E-state index contributed by atoms with van der Waals surface area (Å²) < 4.78 is 1.79. The van der Waals surface area contributed by atoms with Gasteiger partial charge in [-0.15, -0.1) is 5.10 Å². The van der Waals surface area contributed by atoms with Gasteiger partial charge in [-0.1, -0.05) is 30.3 Å². The van der Waals surface area contributed by atoms with Gasteiger partial charge in [0.25, 0.3) is 0 Å². The lowest BCUT2D eigenvalue weighted by Crippen LogP contribution is -2.56. The maximum absolute atomic E-state index is 5.72. The minimum absolute atomic E-state index is 0.298. The van der Waals surface area contributed by atoms with Gasteiger partial charge in [-0.05, 0) is 31.8 Å². The number of likely N-dealkylation sites (tertiary alicyclic amines) is 1. The van der Waals surface area contributed by atoms with Gasteiger partial charge in [0, 0.05) is 31.2 Å². The molecule has 6 heteroatoms. The fourth-order valence-electron chi connectivity index (χ4n) is 3.18. The third kappa shape index (κ3) is 2.74. The van der Waals surface area contributed by atoms with Crippen LogP contribution < -0.4 is 5.73 Å². The van der Waals surface area contributed by atoms with E-state index < -0.39 is 0 Å². The Morgan fingerprint density at radius 1 is 1.12 bits per heavy atom. The first kappa shape index (κ1) is 15.1. The van der Waals surface area contributed by atoms with Crippen molar-refractivity contribution < 1.29 is 0 Å². The molecule has 6 nitrogen and oxygen atoms in total. The van der Waals surface area contributed by atoms with Crippen molar-refractivity contribution in [3.05, 3.63) is 48.0 Å². The molecule has 3 heterocycles. The van der Waals surface area contributed by atoms with Crippen LogP contribution in [0.1, 0.15) is 5.56 Å². The Morgan fingerprint density at radius 2 is 1.88 bits per heavy atom. The number of anilines is 1. The van der Waals surface area contributed by atoms with E-state index >= 15 is 0 Å². The molecule has 1 saturated heterocycles. The van der Waals surface area contributed by atoms with Crippen LogP contribution in [-0.4, -0.2) is 57.6 Å². The van der Waals surface area contributed by atoms with Crippen LogP contribution in [0.15, 0.2) is 42.5 Å². The smallest absolute Gasteiger partial charge is 0.240 e. The molecule has 0 atom stereocenters. The number of aromatic nitrogens is 3. The zero-order valence-corrected chi connectivity index (χ0v) is 14.1. The predicted octanol–water partition coefficient (Wildman–Crippen LogP) is 1.72. The van der Waals surface area contributed by atoms with E-state index in [0.717, 1.165) is 36.5 Å². The molecule has 2 aromatic heterocycles. The molecule has 0 aliphatic carbocycles. The molecule has 24 heavy (non-hydrogen) atoms. The molecule has 1 fully saturated rings. The number of nitrogens with two attached hydrogens (primary N) is 1. The monoisotopic (exact) mass is 322 g/mol. The number of rotatable bonds is 4. The Bertz CT molecular complexity index is 846. The van der Waals surface area contributed by atoms with Crippen LogP contribution in [0.3, 0.4) is 0 Å². The highest BCUT2D eigenvalue weighted by Crippen LogP contribution is 2.22. The lowest BCUT2D eigenvalue weighted by atomic mass is 10.0. The summed E-state index contributed by atoms with van der Waals surface area (Å²) in [6, 6.07) is 15.3. The fourth-order valence-corrected chi connectivity index (χ4v) is 3.18. The van der Waals surface area contributed by atoms with Crippen molar-refractivity contribution in [1.29, 1.82) is 0 Å². The molecule has 0 amide bonds. The molecule has 0 saturated carbocycles. The number of benzene rings is 1. The molecule has 3 aromatic rings. The summed E-state index contributed by atoms with van der Waals surface area (Å²) in [5.41, 5.74) is 9.94. The number of nitrogen functional groups attached to an aromatic ring is 1. The van der Waals surface area contributed by atoms with E-state index in [1.165, 1.54) is 5.56 Å². The van der Waals surface area contributed by atoms with Gasteiger partial charge in [-0.3, -0.25) is 4.90 Å². The first-order valence-corrected chi connectivity index (χ1v) is 8.19. The van der Waals surface area contributed by atoms with E-state index in [9.17, 15) is 0 Å². The van der Waals surface area contributed by atoms with E-state index in [0.29, 0.717) is 12.0 Å². The molecule has 4 rings (SSSR count). The summed E-state index contributed by atoms with van der Waals surface area (Å²) in [6.07, 6.45) is 0. The van der Waals surface area contributed by atoms with Crippen LogP contribution in [-0.2, 0) is 6.54 Å². The van der Waals surface area contributed by atoms with Gasteiger partial charge in [0.2, 0.25) is 5.95 Å². The minimum atomic E-state index is 0.298. The molecule has 0 unspecified atom stereocenters. The van der Waals surface area contributed by atoms with E-state index in [-0.39, 0.29) is 0 Å². The number of nitrogens with zero attached hydrogens (tertiary/aromatic N) is 5. The summed E-state index contributed by atoms with van der Waals surface area (Å²) in [6.45, 7) is 3.30. The second-order valence-electron chi connectivity index (χ2n) is 6.66. The average Bonchev–Trinajstić information content (AvgIpc) is 2.90. The van der Waals surface area contributed by atoms with E-state index in [2.05, 4.69) is 58.2 Å². The highest BCUT2D eigenvalue weighted by atomic mass is 15.3. The third-order valence-electron chi connectivity index (χ3n) is 4.70. The molecule has 0 radical (unpaired) electrons. The van der Waals surface area contributed by atoms with Crippen molar-refractivity contribution in [2.24, 2.45) is 0 Å².